The molecule has 0 saturated heterocycles. The molecule has 3 rings (SSSR count). The summed E-state index contributed by atoms with van der Waals surface area (Å²) in [4.78, 5) is 11.9. The number of aromatic hydroxyl groups is 1. The number of hydrogen-bond acceptors (Lipinski definition) is 3. The van der Waals surface area contributed by atoms with Crippen LogP contribution in [0.1, 0.15) is 47.2 Å². The number of Topliss-reactive ketones (excluding diaryl/α,β-unsaturated/α-hetero) is 1. The molecule has 0 saturated carbocycles. The van der Waals surface area contributed by atoms with Crippen LogP contribution in [0.25, 0.3) is 11.0 Å². The molecule has 0 amide bonds. The van der Waals surface area contributed by atoms with Gasteiger partial charge in [-0.15, -0.1) is 0 Å². The molecule has 2 aromatic rings. The van der Waals surface area contributed by atoms with Gasteiger partial charge in [-0.3, -0.25) is 4.79 Å². The van der Waals surface area contributed by atoms with Crippen LogP contribution in [0.5, 0.6) is 5.75 Å². The number of furan rings is 1. The molecular formula is C14H14O3. The summed E-state index contributed by atoms with van der Waals surface area (Å²) >= 11 is 0. The van der Waals surface area contributed by atoms with Gasteiger partial charge in [0.25, 0.3) is 0 Å². The van der Waals surface area contributed by atoms with Crippen LogP contribution in [0.2, 0.25) is 0 Å². The van der Waals surface area contributed by atoms with Crippen LogP contribution in [0.4, 0.5) is 0 Å². The van der Waals surface area contributed by atoms with Crippen LogP contribution < -0.4 is 0 Å². The standard InChI is InChI=1S/C14H14O3/c1-7-3-4-11(15)12-9(7)5-10-8(2)6-17-14(10)13(12)16/h5-7,16H,3-4H2,1-2H3. The van der Waals surface area contributed by atoms with E-state index in [9.17, 15) is 9.90 Å². The minimum Gasteiger partial charge on any atom is -0.504 e. The molecule has 0 radical (unpaired) electrons. The fourth-order valence-electron chi connectivity index (χ4n) is 2.60. The summed E-state index contributed by atoms with van der Waals surface area (Å²) in [5.74, 6) is 0.348. The lowest BCUT2D eigenvalue weighted by Gasteiger charge is -2.22. The maximum atomic E-state index is 11.9. The Balaban J connectivity index is 2.43. The number of benzene rings is 1. The molecule has 0 spiro atoms. The average molecular weight is 230 g/mol. The van der Waals surface area contributed by atoms with Gasteiger partial charge in [0.1, 0.15) is 0 Å². The first kappa shape index (κ1) is 10.4. The third-order valence-electron chi connectivity index (χ3n) is 3.68. The second-order valence-corrected chi connectivity index (χ2v) is 4.85. The van der Waals surface area contributed by atoms with Crippen LogP contribution in [-0.2, 0) is 0 Å². The Morgan fingerprint density at radius 1 is 1.47 bits per heavy atom. The summed E-state index contributed by atoms with van der Waals surface area (Å²) in [5, 5.41) is 11.1. The molecule has 1 N–H and O–H groups in total. The Morgan fingerprint density at radius 3 is 3.00 bits per heavy atom. The summed E-state index contributed by atoms with van der Waals surface area (Å²) in [5.41, 5.74) is 2.84. The van der Waals surface area contributed by atoms with Gasteiger partial charge in [-0.05, 0) is 36.5 Å². The van der Waals surface area contributed by atoms with E-state index in [0.717, 1.165) is 22.9 Å². The number of hydrogen-bond donors (Lipinski definition) is 1. The minimum atomic E-state index is 0.0159. The smallest absolute Gasteiger partial charge is 0.176 e. The summed E-state index contributed by atoms with van der Waals surface area (Å²) in [7, 11) is 0. The number of carbonyl (C=O) groups is 1. The predicted molar refractivity (Wildman–Crippen MR) is 64.6 cm³/mol. The Hall–Kier alpha value is -1.77. The molecule has 1 unspecified atom stereocenters. The predicted octanol–water partition coefficient (Wildman–Crippen LogP) is 3.53. The lowest BCUT2D eigenvalue weighted by Crippen LogP contribution is -2.14. The molecule has 0 bridgehead atoms. The molecule has 1 aliphatic rings. The number of phenolic OH excluding ortho intramolecular Hbond substituents is 1. The molecule has 3 nitrogen and oxygen atoms in total. The lowest BCUT2D eigenvalue weighted by atomic mass is 9.82. The largest absolute Gasteiger partial charge is 0.504 e. The Labute approximate surface area is 99.0 Å². The summed E-state index contributed by atoms with van der Waals surface area (Å²) in [6, 6.07) is 1.99. The maximum absolute atomic E-state index is 11.9. The number of ketones is 1. The monoisotopic (exact) mass is 230 g/mol. The van der Waals surface area contributed by atoms with E-state index in [2.05, 4.69) is 6.92 Å². The Bertz CT molecular complexity index is 622. The highest BCUT2D eigenvalue weighted by Gasteiger charge is 2.28. The first-order chi connectivity index (χ1) is 8.09. The highest BCUT2D eigenvalue weighted by molar-refractivity contribution is 6.06. The van der Waals surface area contributed by atoms with Gasteiger partial charge in [0.05, 0.1) is 11.8 Å². The Morgan fingerprint density at radius 2 is 2.24 bits per heavy atom. The molecular weight excluding hydrogens is 216 g/mol. The van der Waals surface area contributed by atoms with E-state index < -0.39 is 0 Å². The molecule has 88 valence electrons. The van der Waals surface area contributed by atoms with Crippen LogP contribution in [-0.4, -0.2) is 10.9 Å². The van der Waals surface area contributed by atoms with E-state index in [1.54, 1.807) is 6.26 Å². The van der Waals surface area contributed by atoms with Gasteiger partial charge in [0.15, 0.2) is 17.1 Å². The van der Waals surface area contributed by atoms with Gasteiger partial charge >= 0.3 is 0 Å². The van der Waals surface area contributed by atoms with E-state index in [1.165, 1.54) is 0 Å². The van der Waals surface area contributed by atoms with Crippen molar-refractivity contribution < 1.29 is 14.3 Å². The number of fused-ring (bicyclic) bond motifs is 2. The number of phenols is 1. The molecule has 0 fully saturated rings. The molecule has 1 atom stereocenters. The van der Waals surface area contributed by atoms with E-state index in [4.69, 9.17) is 4.42 Å². The maximum Gasteiger partial charge on any atom is 0.176 e. The van der Waals surface area contributed by atoms with E-state index in [-0.39, 0.29) is 11.5 Å². The van der Waals surface area contributed by atoms with Crippen LogP contribution >= 0.6 is 0 Å². The van der Waals surface area contributed by atoms with Crippen molar-refractivity contribution in [3.05, 3.63) is 29.0 Å². The van der Waals surface area contributed by atoms with E-state index in [0.29, 0.717) is 23.5 Å². The Kier molecular flexibility index (Phi) is 2.05. The molecule has 0 aliphatic heterocycles. The fourth-order valence-corrected chi connectivity index (χ4v) is 2.60. The van der Waals surface area contributed by atoms with E-state index >= 15 is 0 Å². The van der Waals surface area contributed by atoms with Crippen molar-refractivity contribution in [2.24, 2.45) is 0 Å². The number of aryl methyl sites for hydroxylation is 1. The molecule has 1 aromatic carbocycles. The van der Waals surface area contributed by atoms with Crippen molar-refractivity contribution in [3.63, 3.8) is 0 Å². The quantitative estimate of drug-likeness (QED) is 0.753. The third kappa shape index (κ3) is 1.32. The van der Waals surface area contributed by atoms with Gasteiger partial charge in [-0.1, -0.05) is 6.92 Å². The lowest BCUT2D eigenvalue weighted by molar-refractivity contribution is 0.0965. The normalized spacial score (nSPS) is 19.6. The first-order valence-electron chi connectivity index (χ1n) is 5.86. The average Bonchev–Trinajstić information content (AvgIpc) is 2.67. The number of rotatable bonds is 0. The van der Waals surface area contributed by atoms with Gasteiger partial charge < -0.3 is 9.52 Å². The summed E-state index contributed by atoms with van der Waals surface area (Å²) in [6.45, 7) is 4.03. The first-order valence-corrected chi connectivity index (χ1v) is 5.86. The minimum absolute atomic E-state index is 0.0159. The van der Waals surface area contributed by atoms with Crippen LogP contribution in [0.3, 0.4) is 0 Å². The fraction of sp³-hybridized carbons (Fsp3) is 0.357. The van der Waals surface area contributed by atoms with Crippen molar-refractivity contribution in [2.45, 2.75) is 32.6 Å². The molecule has 1 aromatic heterocycles. The van der Waals surface area contributed by atoms with Gasteiger partial charge in [-0.2, -0.15) is 0 Å². The third-order valence-corrected chi connectivity index (χ3v) is 3.68. The van der Waals surface area contributed by atoms with Crippen molar-refractivity contribution in [1.29, 1.82) is 0 Å². The zero-order valence-electron chi connectivity index (χ0n) is 9.91. The van der Waals surface area contributed by atoms with Crippen molar-refractivity contribution in [1.82, 2.24) is 0 Å². The highest BCUT2D eigenvalue weighted by Crippen LogP contribution is 2.41. The van der Waals surface area contributed by atoms with Crippen molar-refractivity contribution >= 4 is 16.8 Å². The molecule has 17 heavy (non-hydrogen) atoms. The van der Waals surface area contributed by atoms with Gasteiger partial charge in [0, 0.05) is 11.8 Å². The zero-order chi connectivity index (χ0) is 12.2. The summed E-state index contributed by atoms with van der Waals surface area (Å²) < 4.78 is 5.33. The van der Waals surface area contributed by atoms with E-state index in [1.807, 2.05) is 13.0 Å². The van der Waals surface area contributed by atoms with Gasteiger partial charge in [-0.25, -0.2) is 0 Å². The van der Waals surface area contributed by atoms with Gasteiger partial charge in [0.2, 0.25) is 0 Å². The number of carbonyl (C=O) groups excluding carboxylic acids is 1. The molecule has 1 heterocycles. The summed E-state index contributed by atoms with van der Waals surface area (Å²) in [6.07, 6.45) is 2.98. The second kappa shape index (κ2) is 3.36. The molecule has 1 aliphatic carbocycles. The van der Waals surface area contributed by atoms with Crippen molar-refractivity contribution in [2.75, 3.05) is 0 Å². The van der Waals surface area contributed by atoms with Crippen LogP contribution in [0.15, 0.2) is 16.7 Å². The topological polar surface area (TPSA) is 50.4 Å². The highest BCUT2D eigenvalue weighted by atomic mass is 16.3. The molecule has 3 heteroatoms. The zero-order valence-corrected chi connectivity index (χ0v) is 9.91. The SMILES string of the molecule is Cc1coc2c(O)c3c(cc12)C(C)CCC3=O. The second-order valence-electron chi connectivity index (χ2n) is 4.85. The van der Waals surface area contributed by atoms with Crippen LogP contribution in [0, 0.1) is 6.92 Å². The van der Waals surface area contributed by atoms with Crippen molar-refractivity contribution in [3.8, 4) is 5.75 Å².